The van der Waals surface area contributed by atoms with Gasteiger partial charge in [-0.3, -0.25) is 28.5 Å². The summed E-state index contributed by atoms with van der Waals surface area (Å²) >= 11 is 0. The molecule has 4 unspecified atom stereocenters. The molecule has 0 aromatic rings. The van der Waals surface area contributed by atoms with Gasteiger partial charge in [0, 0.05) is 12.8 Å². The largest absolute Gasteiger partial charge is 0.470 e. The number of aliphatic hydroxyl groups is 5. The van der Waals surface area contributed by atoms with Gasteiger partial charge in [-0.25, -0.2) is 4.57 Å². The summed E-state index contributed by atoms with van der Waals surface area (Å²) < 4.78 is 54.8. The van der Waals surface area contributed by atoms with Crippen molar-refractivity contribution >= 4 is 37.5 Å². The molecule has 2 fully saturated rings. The van der Waals surface area contributed by atoms with Crippen molar-refractivity contribution in [3.63, 3.8) is 0 Å². The predicted molar refractivity (Wildman–Crippen MR) is 413 cm³/mol. The first-order chi connectivity index (χ1) is 50.8. The fourth-order valence-electron chi connectivity index (χ4n) is 14.4. The minimum Gasteiger partial charge on any atom is -0.462 e. The Morgan fingerprint density at radius 2 is 0.743 bits per heavy atom. The Bertz CT molecular complexity index is 2180. The van der Waals surface area contributed by atoms with Crippen LogP contribution >= 0.6 is 7.82 Å². The number of rotatable bonds is 71. The van der Waals surface area contributed by atoms with E-state index < -0.39 is 143 Å². The maximum Gasteiger partial charge on any atom is 0.470 e. The molecule has 0 bridgehead atoms. The molecule has 2 aliphatic rings. The lowest BCUT2D eigenvalue weighted by atomic mass is 9.95. The van der Waals surface area contributed by atoms with Crippen LogP contribution in [0.5, 0.6) is 0 Å². The molecule has 2 rings (SSSR count). The van der Waals surface area contributed by atoms with Crippen LogP contribution in [0.4, 0.5) is 0 Å². The standard InChI is InChI=1S/C82H155N2O20P/c1-6-11-16-21-26-31-33-38-43-48-53-58-72(89)99-66(56-51-46-41-36-29-24-19-14-9-4)61-71(88)84-76-80(103-74(91)62-67(57-52-47-42-37-30-25-20-15-10-5)100-73(90)59-54-49-44-39-34-32-27-22-17-12-7-2)79(104-105(95,96)97)68(63-85)102-82(76)98-64-69-77(92)78(93)75(81(94)101-69)83-70(87)60-65(86)55-50-45-40-35-28-23-18-13-8-3/h65-69,75-82,85-86,92-94H,6-64H2,1-5H3,(H,83,87)(H,84,88)(H2,95,96,97)/t65-,66-,67-,68?,69?,75+,76+,77-,78?,79-,80?,81+,82-/m1/s1. The van der Waals surface area contributed by atoms with E-state index >= 15 is 0 Å². The Balaban J connectivity index is 2.52. The van der Waals surface area contributed by atoms with Gasteiger partial charge in [0.2, 0.25) is 11.8 Å². The van der Waals surface area contributed by atoms with E-state index in [0.717, 1.165) is 154 Å². The number of esters is 3. The smallest absolute Gasteiger partial charge is 0.462 e. The van der Waals surface area contributed by atoms with Crippen LogP contribution in [0.1, 0.15) is 401 Å². The van der Waals surface area contributed by atoms with E-state index in [4.69, 9.17) is 32.9 Å². The highest BCUT2D eigenvalue weighted by molar-refractivity contribution is 7.46. The third kappa shape index (κ3) is 50.6. The number of hydrogen-bond acceptors (Lipinski definition) is 18. The van der Waals surface area contributed by atoms with Crippen LogP contribution in [0.2, 0.25) is 0 Å². The van der Waals surface area contributed by atoms with E-state index in [0.29, 0.717) is 51.4 Å². The van der Waals surface area contributed by atoms with Gasteiger partial charge in [-0.1, -0.05) is 324 Å². The van der Waals surface area contributed by atoms with Crippen molar-refractivity contribution in [3.8, 4) is 0 Å². The molecule has 22 nitrogen and oxygen atoms in total. The van der Waals surface area contributed by atoms with Crippen LogP contribution in [0.25, 0.3) is 0 Å². The van der Waals surface area contributed by atoms with Gasteiger partial charge in [0.15, 0.2) is 18.7 Å². The molecule has 618 valence electrons. The molecule has 9 N–H and O–H groups in total. The van der Waals surface area contributed by atoms with E-state index in [2.05, 4.69) is 45.3 Å². The maximum atomic E-state index is 14.8. The van der Waals surface area contributed by atoms with Crippen LogP contribution in [0.15, 0.2) is 0 Å². The second-order valence-electron chi connectivity index (χ2n) is 30.7. The molecule has 23 heteroatoms. The van der Waals surface area contributed by atoms with Crippen molar-refractivity contribution in [3.05, 3.63) is 0 Å². The van der Waals surface area contributed by atoms with Gasteiger partial charge in [0.25, 0.3) is 0 Å². The summed E-state index contributed by atoms with van der Waals surface area (Å²) in [5.74, 6) is -3.45. The molecule has 13 atom stereocenters. The zero-order valence-corrected chi connectivity index (χ0v) is 67.5. The van der Waals surface area contributed by atoms with Gasteiger partial charge in [0.1, 0.15) is 54.8 Å². The summed E-state index contributed by atoms with van der Waals surface area (Å²) in [4.78, 5) is 91.0. The fourth-order valence-corrected chi connectivity index (χ4v) is 15.0. The number of phosphoric ester groups is 1. The van der Waals surface area contributed by atoms with Gasteiger partial charge in [-0.2, -0.15) is 0 Å². The summed E-state index contributed by atoms with van der Waals surface area (Å²) in [5, 5.41) is 61.3. The number of unbranched alkanes of at least 4 members (excludes halogenated alkanes) is 44. The number of ether oxygens (including phenoxy) is 6. The fraction of sp³-hybridized carbons (Fsp3) is 0.939. The number of phosphoric acid groups is 1. The second-order valence-corrected chi connectivity index (χ2v) is 31.9. The number of nitrogens with one attached hydrogen (secondary N) is 2. The Kier molecular flexibility index (Phi) is 60.6. The Labute approximate surface area is 635 Å². The summed E-state index contributed by atoms with van der Waals surface area (Å²) in [6.07, 6.45) is 34.5. The average Bonchev–Trinajstić information content (AvgIpc) is 0.781. The maximum absolute atomic E-state index is 14.8. The number of carbonyl (C=O) groups excluding carboxylic acids is 5. The van der Waals surface area contributed by atoms with Crippen LogP contribution in [0, 0.1) is 0 Å². The van der Waals surface area contributed by atoms with Gasteiger partial charge in [-0.05, 0) is 44.9 Å². The van der Waals surface area contributed by atoms with Crippen molar-refractivity contribution in [1.82, 2.24) is 10.6 Å². The number of amides is 2. The first-order valence-electron chi connectivity index (χ1n) is 43.0. The lowest BCUT2D eigenvalue weighted by molar-refractivity contribution is -0.297. The van der Waals surface area contributed by atoms with Crippen LogP contribution in [-0.4, -0.2) is 158 Å². The van der Waals surface area contributed by atoms with Crippen molar-refractivity contribution in [1.29, 1.82) is 0 Å². The van der Waals surface area contributed by atoms with Gasteiger partial charge in [0.05, 0.1) is 38.6 Å². The summed E-state index contributed by atoms with van der Waals surface area (Å²) in [5.41, 5.74) is 0. The third-order valence-electron chi connectivity index (χ3n) is 20.8. The molecule has 0 aliphatic carbocycles. The van der Waals surface area contributed by atoms with Gasteiger partial charge in [-0.15, -0.1) is 0 Å². The van der Waals surface area contributed by atoms with E-state index in [1.54, 1.807) is 0 Å². The lowest BCUT2D eigenvalue weighted by Crippen LogP contribution is -2.67. The second kappa shape index (κ2) is 64.8. The van der Waals surface area contributed by atoms with Crippen molar-refractivity contribution < 1.29 is 96.8 Å². The van der Waals surface area contributed by atoms with Crippen LogP contribution in [-0.2, 0) is 61.5 Å². The molecule has 0 aromatic carbocycles. The SMILES string of the molecule is CCCCCCCCCCCCCC(=O)O[C@H](CCCCCCCCCCC)CC(=O)N[C@H]1C(OC(=O)C[C@@H](CCCCCCCCCCC)OC(=O)CCCCCCCCCCCCC)[C@H](OP(=O)(O)O)C(CO)O[C@H]1OCC1O[C@H](O)[C@@H](NC(=O)C[C@H](O)CCCCCCCCCCC)C(O)[C@@H]1O. The highest BCUT2D eigenvalue weighted by Crippen LogP contribution is 2.43. The zero-order chi connectivity index (χ0) is 77.0. The minimum atomic E-state index is -5.56. The Hall–Kier alpha value is -2.86. The third-order valence-corrected chi connectivity index (χ3v) is 21.4. The molecular formula is C82H155N2O20P. The summed E-state index contributed by atoms with van der Waals surface area (Å²) in [6, 6.07) is -3.31. The van der Waals surface area contributed by atoms with Gasteiger partial charge < -0.3 is 74.4 Å². The molecule has 0 saturated carbocycles. The molecular weight excluding hydrogens is 1360 g/mol. The topological polar surface area (TPSA) is 333 Å². The van der Waals surface area contributed by atoms with Crippen molar-refractivity contribution in [2.75, 3.05) is 13.2 Å². The molecule has 0 aromatic heterocycles. The molecule has 2 amide bonds. The van der Waals surface area contributed by atoms with Crippen LogP contribution < -0.4 is 10.6 Å². The summed E-state index contributed by atoms with van der Waals surface area (Å²) in [6.45, 7) is 9.19. The highest BCUT2D eigenvalue weighted by atomic mass is 31.2. The number of hydrogen-bond donors (Lipinski definition) is 9. The molecule has 0 spiro atoms. The molecule has 0 radical (unpaired) electrons. The Morgan fingerprint density at radius 1 is 0.400 bits per heavy atom. The van der Waals surface area contributed by atoms with E-state index in [-0.39, 0.29) is 19.3 Å². The number of aliphatic hydroxyl groups excluding tert-OH is 5. The molecule has 105 heavy (non-hydrogen) atoms. The molecule has 2 aliphatic heterocycles. The highest BCUT2D eigenvalue weighted by Gasteiger charge is 2.53. The minimum absolute atomic E-state index is 0.130. The van der Waals surface area contributed by atoms with E-state index in [9.17, 15) is 63.9 Å². The van der Waals surface area contributed by atoms with Crippen molar-refractivity contribution in [2.45, 2.75) is 480 Å². The summed E-state index contributed by atoms with van der Waals surface area (Å²) in [7, 11) is -5.56. The molecule has 2 heterocycles. The van der Waals surface area contributed by atoms with Crippen LogP contribution in [0.3, 0.4) is 0 Å². The van der Waals surface area contributed by atoms with E-state index in [1.165, 1.54) is 128 Å². The molecule has 2 saturated heterocycles. The van der Waals surface area contributed by atoms with Gasteiger partial charge >= 0.3 is 25.7 Å². The first-order valence-corrected chi connectivity index (χ1v) is 44.5. The van der Waals surface area contributed by atoms with Crippen molar-refractivity contribution in [2.24, 2.45) is 0 Å². The Morgan fingerprint density at radius 3 is 1.12 bits per heavy atom. The average molecular weight is 1520 g/mol. The predicted octanol–water partition coefficient (Wildman–Crippen LogP) is 17.0. The monoisotopic (exact) mass is 1520 g/mol. The quantitative estimate of drug-likeness (QED) is 0.0118. The zero-order valence-electron chi connectivity index (χ0n) is 66.6. The normalized spacial score (nSPS) is 21.4. The first kappa shape index (κ1) is 98.2. The van der Waals surface area contributed by atoms with E-state index in [1.807, 2.05) is 0 Å². The number of carbonyl (C=O) groups is 5. The lowest BCUT2D eigenvalue weighted by Gasteiger charge is -2.46.